The predicted molar refractivity (Wildman–Crippen MR) is 110 cm³/mol. The highest BCUT2D eigenvalue weighted by Crippen LogP contribution is 2.50. The van der Waals surface area contributed by atoms with E-state index in [4.69, 9.17) is 14.1 Å². The molecule has 0 bridgehead atoms. The van der Waals surface area contributed by atoms with Crippen molar-refractivity contribution < 1.29 is 13.9 Å². The Morgan fingerprint density at radius 3 is 2.87 bits per heavy atom. The first-order chi connectivity index (χ1) is 15.0. The van der Waals surface area contributed by atoms with E-state index >= 15 is 0 Å². The molecule has 1 aliphatic heterocycles. The van der Waals surface area contributed by atoms with Gasteiger partial charge in [-0.15, -0.1) is 5.10 Å². The molecule has 31 heavy (non-hydrogen) atoms. The third-order valence-electron chi connectivity index (χ3n) is 5.82. The second kappa shape index (κ2) is 6.34. The number of carbonyl (C=O) groups is 1. The van der Waals surface area contributed by atoms with Crippen LogP contribution in [-0.2, 0) is 4.79 Å². The monoisotopic (exact) mass is 413 g/mol. The minimum Gasteiger partial charge on any atom is -0.461 e. The number of pyridine rings is 1. The van der Waals surface area contributed by atoms with E-state index in [1.807, 2.05) is 12.1 Å². The molecule has 0 saturated carbocycles. The van der Waals surface area contributed by atoms with E-state index < -0.39 is 0 Å². The van der Waals surface area contributed by atoms with Crippen molar-refractivity contribution in [3.63, 3.8) is 0 Å². The summed E-state index contributed by atoms with van der Waals surface area (Å²) in [6.07, 6.45) is 7.79. The lowest BCUT2D eigenvalue weighted by molar-refractivity contribution is -0.118. The average Bonchev–Trinajstić information content (AvgIpc) is 3.41. The highest BCUT2D eigenvalue weighted by atomic mass is 16.5. The number of ketones is 1. The van der Waals surface area contributed by atoms with Crippen molar-refractivity contribution in [2.24, 2.45) is 5.41 Å². The molecule has 0 spiro atoms. The Labute approximate surface area is 177 Å². The summed E-state index contributed by atoms with van der Waals surface area (Å²) in [5, 5.41) is 4.51. The lowest BCUT2D eigenvalue weighted by Crippen LogP contribution is -2.33. The van der Waals surface area contributed by atoms with Crippen molar-refractivity contribution >= 4 is 11.4 Å². The molecular weight excluding hydrogens is 394 g/mol. The fraction of sp³-hybridized carbons (Fsp3) is 0.261. The van der Waals surface area contributed by atoms with Crippen LogP contribution in [-0.4, -0.2) is 30.3 Å². The Hall–Kier alpha value is -3.81. The van der Waals surface area contributed by atoms with E-state index in [1.54, 1.807) is 41.6 Å². The number of allylic oxidation sites excluding steroid dienone is 2. The molecule has 8 heteroatoms. The number of furan rings is 1. The van der Waals surface area contributed by atoms with Crippen LogP contribution in [0.15, 0.2) is 65.0 Å². The van der Waals surface area contributed by atoms with Crippen LogP contribution in [0.25, 0.3) is 17.2 Å². The topological polar surface area (TPSA) is 95.4 Å². The Kier molecular flexibility index (Phi) is 3.68. The zero-order chi connectivity index (χ0) is 21.2. The molecule has 1 atom stereocenters. The van der Waals surface area contributed by atoms with Gasteiger partial charge in [-0.3, -0.25) is 9.78 Å². The van der Waals surface area contributed by atoms with Gasteiger partial charge in [-0.1, -0.05) is 19.9 Å². The predicted octanol–water partition coefficient (Wildman–Crippen LogP) is 3.95. The molecular formula is C23H19N5O3. The van der Waals surface area contributed by atoms with Gasteiger partial charge >= 0.3 is 0 Å². The third-order valence-corrected chi connectivity index (χ3v) is 5.82. The number of carbonyl (C=O) groups excluding carboxylic acids is 1. The Balaban J connectivity index is 1.62. The molecule has 0 radical (unpaired) electrons. The summed E-state index contributed by atoms with van der Waals surface area (Å²) in [4.78, 5) is 26.9. The first-order valence-electron chi connectivity index (χ1n) is 10.1. The zero-order valence-electron chi connectivity index (χ0n) is 17.1. The Bertz CT molecular complexity index is 1350. The molecule has 8 nitrogen and oxygen atoms in total. The van der Waals surface area contributed by atoms with E-state index in [2.05, 4.69) is 28.9 Å². The molecule has 0 amide bonds. The number of hydrogen-bond acceptors (Lipinski definition) is 7. The van der Waals surface area contributed by atoms with E-state index in [1.165, 1.54) is 0 Å². The fourth-order valence-corrected chi connectivity index (χ4v) is 4.54. The highest BCUT2D eigenvalue weighted by molar-refractivity contribution is 6.00. The summed E-state index contributed by atoms with van der Waals surface area (Å²) >= 11 is 0. The Morgan fingerprint density at radius 1 is 1.19 bits per heavy atom. The lowest BCUT2D eigenvalue weighted by atomic mass is 9.70. The summed E-state index contributed by atoms with van der Waals surface area (Å²) in [7, 11) is 0. The second-order valence-electron chi connectivity index (χ2n) is 8.74. The minimum absolute atomic E-state index is 0.0820. The van der Waals surface area contributed by atoms with E-state index in [9.17, 15) is 4.79 Å². The molecule has 1 aliphatic carbocycles. The van der Waals surface area contributed by atoms with Crippen LogP contribution in [0.4, 0.5) is 0 Å². The van der Waals surface area contributed by atoms with Crippen molar-refractivity contribution in [2.75, 3.05) is 0 Å². The average molecular weight is 413 g/mol. The van der Waals surface area contributed by atoms with Gasteiger partial charge in [0, 0.05) is 30.8 Å². The standard InChI is InChI=1S/C23H19N5O3/c1-23(2)9-14(29)18-16(10-23)31-22-19(17(18)13-5-3-7-24-11-13)21-26-20(15-6-4-8-30-15)27-28(21)12-25-22/h3-8,11-12,17H,9-10H2,1-2H3/t17-/m0/s1. The van der Waals surface area contributed by atoms with E-state index in [0.29, 0.717) is 52.8 Å². The van der Waals surface area contributed by atoms with Crippen LogP contribution >= 0.6 is 0 Å². The number of ether oxygens (including phenoxy) is 1. The van der Waals surface area contributed by atoms with Gasteiger partial charge in [0.25, 0.3) is 0 Å². The van der Waals surface area contributed by atoms with Gasteiger partial charge in [0.2, 0.25) is 11.7 Å². The Morgan fingerprint density at radius 2 is 2.10 bits per heavy atom. The van der Waals surface area contributed by atoms with Crippen LogP contribution in [0.1, 0.15) is 43.7 Å². The van der Waals surface area contributed by atoms with Crippen LogP contribution in [0, 0.1) is 5.41 Å². The minimum atomic E-state index is -0.374. The van der Waals surface area contributed by atoms with Gasteiger partial charge in [-0.05, 0) is 29.2 Å². The molecule has 5 heterocycles. The van der Waals surface area contributed by atoms with Crippen molar-refractivity contribution in [2.45, 2.75) is 32.6 Å². The number of hydrogen-bond donors (Lipinski definition) is 0. The summed E-state index contributed by atoms with van der Waals surface area (Å²) < 4.78 is 13.3. The number of Topliss-reactive ketones (excluding diaryl/α,β-unsaturated/α-hetero) is 1. The molecule has 6 rings (SSSR count). The van der Waals surface area contributed by atoms with Crippen molar-refractivity contribution in [3.05, 3.63) is 71.7 Å². The molecule has 2 aliphatic rings. The molecule has 0 unspecified atom stereocenters. The van der Waals surface area contributed by atoms with Crippen molar-refractivity contribution in [1.82, 2.24) is 24.6 Å². The summed E-state index contributed by atoms with van der Waals surface area (Å²) in [5.74, 6) is 1.84. The zero-order valence-corrected chi connectivity index (χ0v) is 17.1. The van der Waals surface area contributed by atoms with Crippen molar-refractivity contribution in [1.29, 1.82) is 0 Å². The number of aromatic nitrogens is 5. The van der Waals surface area contributed by atoms with Gasteiger partial charge < -0.3 is 9.15 Å². The summed E-state index contributed by atoms with van der Waals surface area (Å²) in [6, 6.07) is 7.43. The lowest BCUT2D eigenvalue weighted by Gasteiger charge is -2.37. The van der Waals surface area contributed by atoms with Gasteiger partial charge in [-0.25, -0.2) is 14.5 Å². The fourth-order valence-electron chi connectivity index (χ4n) is 4.54. The molecule has 4 aromatic heterocycles. The number of fused-ring (bicyclic) bond motifs is 3. The maximum atomic E-state index is 13.3. The highest BCUT2D eigenvalue weighted by Gasteiger charge is 2.44. The smallest absolute Gasteiger partial charge is 0.228 e. The largest absolute Gasteiger partial charge is 0.461 e. The quantitative estimate of drug-likeness (QED) is 0.491. The van der Waals surface area contributed by atoms with Crippen LogP contribution in [0.2, 0.25) is 0 Å². The third kappa shape index (κ3) is 2.78. The van der Waals surface area contributed by atoms with E-state index in [0.717, 1.165) is 5.56 Å². The molecule has 4 aromatic rings. The maximum Gasteiger partial charge on any atom is 0.228 e. The second-order valence-corrected chi connectivity index (χ2v) is 8.74. The van der Waals surface area contributed by atoms with E-state index in [-0.39, 0.29) is 17.1 Å². The molecule has 0 aromatic carbocycles. The van der Waals surface area contributed by atoms with Gasteiger partial charge in [-0.2, -0.15) is 0 Å². The number of nitrogens with zero attached hydrogens (tertiary/aromatic N) is 5. The maximum absolute atomic E-state index is 13.3. The van der Waals surface area contributed by atoms with Crippen LogP contribution < -0.4 is 4.74 Å². The molecule has 0 fully saturated rings. The summed E-state index contributed by atoms with van der Waals surface area (Å²) in [6.45, 7) is 4.16. The van der Waals surface area contributed by atoms with Gasteiger partial charge in [0.15, 0.2) is 17.2 Å². The van der Waals surface area contributed by atoms with Gasteiger partial charge in [0.1, 0.15) is 12.1 Å². The molecule has 0 N–H and O–H groups in total. The van der Waals surface area contributed by atoms with Gasteiger partial charge in [0.05, 0.1) is 17.7 Å². The number of rotatable bonds is 2. The first kappa shape index (κ1) is 18.0. The normalized spacial score (nSPS) is 19.8. The van der Waals surface area contributed by atoms with Crippen LogP contribution in [0.5, 0.6) is 5.88 Å². The summed E-state index contributed by atoms with van der Waals surface area (Å²) in [5.41, 5.74) is 2.68. The first-order valence-corrected chi connectivity index (χ1v) is 10.1. The van der Waals surface area contributed by atoms with Crippen LogP contribution in [0.3, 0.4) is 0 Å². The van der Waals surface area contributed by atoms with Crippen molar-refractivity contribution in [3.8, 4) is 17.5 Å². The SMILES string of the molecule is CC1(C)CC(=O)C2=C(C1)Oc1ncn3nc(-c4ccco4)nc3c1[C@H]2c1cccnc1. The molecule has 0 saturated heterocycles. The molecule has 154 valence electrons.